The molecule has 2 nitrogen and oxygen atoms in total. The van der Waals surface area contributed by atoms with Crippen molar-refractivity contribution < 1.29 is 26.7 Å². The van der Waals surface area contributed by atoms with E-state index in [0.717, 1.165) is 12.8 Å². The molecule has 0 atom stereocenters. The van der Waals surface area contributed by atoms with Crippen LogP contribution in [-0.2, 0) is 4.79 Å². The molecule has 1 saturated carbocycles. The first-order chi connectivity index (χ1) is 7.15. The summed E-state index contributed by atoms with van der Waals surface area (Å²) in [5.41, 5.74) is -0.267. The largest absolute Gasteiger partial charge is 0.463 e. The highest BCUT2D eigenvalue weighted by molar-refractivity contribution is 5.84. The molecule has 1 aliphatic carbocycles. The average molecular weight is 245 g/mol. The highest BCUT2D eigenvalue weighted by atomic mass is 19.4. The quantitative estimate of drug-likeness (QED) is 0.757. The van der Waals surface area contributed by atoms with Crippen LogP contribution in [0, 0.1) is 5.41 Å². The average Bonchev–Trinajstić information content (AvgIpc) is 2.93. The molecule has 0 aromatic carbocycles. The lowest BCUT2D eigenvalue weighted by atomic mass is 10.0. The van der Waals surface area contributed by atoms with E-state index < -0.39 is 18.0 Å². The van der Waals surface area contributed by atoms with Crippen LogP contribution in [0.2, 0.25) is 0 Å². The number of alkyl halides is 5. The summed E-state index contributed by atoms with van der Waals surface area (Å²) in [5.74, 6) is -7.57. The summed E-state index contributed by atoms with van der Waals surface area (Å²) in [6.07, 6.45) is -3.67. The Kier molecular flexibility index (Phi) is 3.17. The Morgan fingerprint density at radius 3 is 2.06 bits per heavy atom. The zero-order valence-corrected chi connectivity index (χ0v) is 8.63. The van der Waals surface area contributed by atoms with Crippen molar-refractivity contribution in [3.63, 3.8) is 0 Å². The fraction of sp³-hybridized carbons (Fsp3) is 0.889. The predicted molar refractivity (Wildman–Crippen MR) is 46.0 cm³/mol. The van der Waals surface area contributed by atoms with Gasteiger partial charge in [-0.3, -0.25) is 4.79 Å². The van der Waals surface area contributed by atoms with E-state index in [9.17, 15) is 26.7 Å². The minimum absolute atomic E-state index is 0.117. The van der Waals surface area contributed by atoms with Crippen molar-refractivity contribution in [1.29, 1.82) is 0 Å². The summed E-state index contributed by atoms with van der Waals surface area (Å²) >= 11 is 0. The molecule has 0 aromatic rings. The molecule has 1 rings (SSSR count). The van der Waals surface area contributed by atoms with Gasteiger partial charge in [0.05, 0.1) is 0 Å². The van der Waals surface area contributed by atoms with Crippen molar-refractivity contribution in [2.24, 2.45) is 5.41 Å². The number of halogens is 5. The van der Waals surface area contributed by atoms with Crippen LogP contribution in [0.4, 0.5) is 22.0 Å². The predicted octanol–water partition coefficient (Wildman–Crippen LogP) is 2.49. The second kappa shape index (κ2) is 3.85. The van der Waals surface area contributed by atoms with Gasteiger partial charge < -0.3 is 5.32 Å². The number of amides is 1. The maximum Gasteiger partial charge on any atom is 0.463 e. The van der Waals surface area contributed by atoms with E-state index in [0.29, 0.717) is 6.42 Å². The third kappa shape index (κ3) is 2.44. The zero-order valence-electron chi connectivity index (χ0n) is 8.63. The Morgan fingerprint density at radius 2 is 1.75 bits per heavy atom. The van der Waals surface area contributed by atoms with E-state index in [-0.39, 0.29) is 12.0 Å². The van der Waals surface area contributed by atoms with Crippen LogP contribution in [-0.4, -0.2) is 24.6 Å². The molecule has 0 bridgehead atoms. The lowest BCUT2D eigenvalue weighted by molar-refractivity contribution is -0.269. The first-order valence-corrected chi connectivity index (χ1v) is 4.87. The number of carbonyl (C=O) groups is 1. The molecular weight excluding hydrogens is 233 g/mol. The Bertz CT molecular complexity index is 282. The van der Waals surface area contributed by atoms with Crippen LogP contribution in [0.5, 0.6) is 0 Å². The van der Waals surface area contributed by atoms with Gasteiger partial charge in [0.25, 0.3) is 5.91 Å². The molecule has 1 fully saturated rings. The molecule has 1 N–H and O–H groups in total. The minimum atomic E-state index is -5.83. The Hall–Kier alpha value is -0.880. The molecule has 0 aromatic heterocycles. The van der Waals surface area contributed by atoms with E-state index >= 15 is 0 Å². The lowest BCUT2D eigenvalue weighted by Gasteiger charge is -2.20. The summed E-state index contributed by atoms with van der Waals surface area (Å²) in [4.78, 5) is 10.7. The van der Waals surface area contributed by atoms with E-state index in [4.69, 9.17) is 0 Å². The SMILES string of the molecule is CCC1(CNC(=O)C(F)(F)C(F)(F)F)CC1. The van der Waals surface area contributed by atoms with Gasteiger partial charge in [0.2, 0.25) is 0 Å². The van der Waals surface area contributed by atoms with Crippen molar-refractivity contribution in [2.75, 3.05) is 6.54 Å². The molecule has 0 radical (unpaired) electrons. The van der Waals surface area contributed by atoms with Crippen molar-refractivity contribution in [1.82, 2.24) is 5.32 Å². The summed E-state index contributed by atoms with van der Waals surface area (Å²) in [7, 11) is 0. The second-order valence-corrected chi connectivity index (χ2v) is 4.11. The zero-order chi connectivity index (χ0) is 12.6. The van der Waals surface area contributed by atoms with Crippen LogP contribution < -0.4 is 5.32 Å². The van der Waals surface area contributed by atoms with Crippen molar-refractivity contribution in [3.05, 3.63) is 0 Å². The fourth-order valence-electron chi connectivity index (χ4n) is 1.34. The fourth-order valence-corrected chi connectivity index (χ4v) is 1.34. The molecular formula is C9H12F5NO. The van der Waals surface area contributed by atoms with Crippen LogP contribution in [0.25, 0.3) is 0 Å². The lowest BCUT2D eigenvalue weighted by Crippen LogP contribution is -2.51. The van der Waals surface area contributed by atoms with E-state index in [1.807, 2.05) is 0 Å². The van der Waals surface area contributed by atoms with Gasteiger partial charge in [-0.1, -0.05) is 6.92 Å². The first kappa shape index (κ1) is 13.2. The van der Waals surface area contributed by atoms with Crippen LogP contribution >= 0.6 is 0 Å². The van der Waals surface area contributed by atoms with Gasteiger partial charge >= 0.3 is 12.1 Å². The molecule has 16 heavy (non-hydrogen) atoms. The molecule has 0 saturated heterocycles. The van der Waals surface area contributed by atoms with Crippen LogP contribution in [0.15, 0.2) is 0 Å². The van der Waals surface area contributed by atoms with Crippen molar-refractivity contribution in [3.8, 4) is 0 Å². The van der Waals surface area contributed by atoms with Crippen LogP contribution in [0.1, 0.15) is 26.2 Å². The van der Waals surface area contributed by atoms with Crippen molar-refractivity contribution >= 4 is 5.91 Å². The number of hydrogen-bond acceptors (Lipinski definition) is 1. The van der Waals surface area contributed by atoms with Gasteiger partial charge in [0.1, 0.15) is 0 Å². The Balaban J connectivity index is 2.52. The molecule has 94 valence electrons. The summed E-state index contributed by atoms with van der Waals surface area (Å²) in [6, 6.07) is 0. The van der Waals surface area contributed by atoms with Gasteiger partial charge in [-0.2, -0.15) is 22.0 Å². The van der Waals surface area contributed by atoms with Crippen molar-refractivity contribution in [2.45, 2.75) is 38.3 Å². The maximum atomic E-state index is 12.5. The van der Waals surface area contributed by atoms with Gasteiger partial charge in [0, 0.05) is 6.54 Å². The maximum absolute atomic E-state index is 12.5. The van der Waals surface area contributed by atoms with E-state index in [1.54, 1.807) is 12.2 Å². The summed E-state index contributed by atoms with van der Waals surface area (Å²) < 4.78 is 60.3. The Labute approximate surface area is 89.2 Å². The van der Waals surface area contributed by atoms with E-state index in [2.05, 4.69) is 0 Å². The van der Waals surface area contributed by atoms with E-state index in [1.165, 1.54) is 0 Å². The first-order valence-electron chi connectivity index (χ1n) is 4.87. The smallest absolute Gasteiger partial charge is 0.350 e. The molecule has 1 aliphatic rings. The number of rotatable bonds is 4. The third-order valence-corrected chi connectivity index (χ3v) is 2.97. The standard InChI is InChI=1S/C9H12F5NO/c1-2-7(3-4-7)5-15-6(16)8(10,11)9(12,13)14/h2-5H2,1H3,(H,15,16). The molecule has 0 heterocycles. The number of hydrogen-bond donors (Lipinski definition) is 1. The highest BCUT2D eigenvalue weighted by Gasteiger charge is 2.63. The monoisotopic (exact) mass is 245 g/mol. The van der Waals surface area contributed by atoms with Gasteiger partial charge in [-0.05, 0) is 24.7 Å². The second-order valence-electron chi connectivity index (χ2n) is 4.11. The van der Waals surface area contributed by atoms with Gasteiger partial charge in [0.15, 0.2) is 0 Å². The Morgan fingerprint density at radius 1 is 1.25 bits per heavy atom. The van der Waals surface area contributed by atoms with Gasteiger partial charge in [-0.15, -0.1) is 0 Å². The van der Waals surface area contributed by atoms with Crippen LogP contribution in [0.3, 0.4) is 0 Å². The highest BCUT2D eigenvalue weighted by Crippen LogP contribution is 2.48. The van der Waals surface area contributed by atoms with Gasteiger partial charge in [-0.25, -0.2) is 0 Å². The summed E-state index contributed by atoms with van der Waals surface area (Å²) in [6.45, 7) is 1.69. The molecule has 1 amide bonds. The topological polar surface area (TPSA) is 29.1 Å². The summed E-state index contributed by atoms with van der Waals surface area (Å²) in [5, 5.41) is 1.67. The number of carbonyl (C=O) groups excluding carboxylic acids is 1. The molecule has 0 spiro atoms. The minimum Gasteiger partial charge on any atom is -0.350 e. The third-order valence-electron chi connectivity index (χ3n) is 2.97. The number of nitrogens with one attached hydrogen (secondary N) is 1. The normalized spacial score (nSPS) is 19.4. The molecule has 0 unspecified atom stereocenters. The molecule has 0 aliphatic heterocycles. The molecule has 7 heteroatoms.